The van der Waals surface area contributed by atoms with E-state index in [2.05, 4.69) is 22.6 Å². The molecule has 18 heavy (non-hydrogen) atoms. The molecule has 3 atom stereocenters. The summed E-state index contributed by atoms with van der Waals surface area (Å²) in [6.07, 6.45) is 5.87. The SMILES string of the molecule is CCC(I)C(=O)OC1C2CC3CC1CC(O)(C3)C2. The Balaban J connectivity index is 1.70. The van der Waals surface area contributed by atoms with Gasteiger partial charge < -0.3 is 9.84 Å². The monoisotopic (exact) mass is 364 g/mol. The smallest absolute Gasteiger partial charge is 0.319 e. The number of esters is 1. The van der Waals surface area contributed by atoms with E-state index in [0.29, 0.717) is 17.8 Å². The molecule has 0 amide bonds. The number of aliphatic hydroxyl groups is 1. The van der Waals surface area contributed by atoms with Gasteiger partial charge in [-0.1, -0.05) is 29.5 Å². The second-order valence-corrected chi connectivity index (χ2v) is 7.98. The van der Waals surface area contributed by atoms with Gasteiger partial charge in [0, 0.05) is 0 Å². The van der Waals surface area contributed by atoms with Crippen LogP contribution in [0.4, 0.5) is 0 Å². The van der Waals surface area contributed by atoms with Crippen LogP contribution in [0.15, 0.2) is 0 Å². The van der Waals surface area contributed by atoms with Crippen molar-refractivity contribution in [3.63, 3.8) is 0 Å². The normalized spacial score (nSPS) is 47.1. The summed E-state index contributed by atoms with van der Waals surface area (Å²) >= 11 is 2.16. The first-order valence-corrected chi connectivity index (χ1v) is 8.32. The molecule has 4 rings (SSSR count). The molecule has 4 bridgehead atoms. The number of halogens is 1. The molecular formula is C14H21IO3. The Kier molecular flexibility index (Phi) is 3.37. The fourth-order valence-corrected chi connectivity index (χ4v) is 4.65. The van der Waals surface area contributed by atoms with E-state index < -0.39 is 5.60 Å². The van der Waals surface area contributed by atoms with Crippen molar-refractivity contribution in [1.82, 2.24) is 0 Å². The molecule has 0 radical (unpaired) electrons. The second kappa shape index (κ2) is 4.62. The molecule has 1 N–H and O–H groups in total. The van der Waals surface area contributed by atoms with Gasteiger partial charge >= 0.3 is 5.97 Å². The van der Waals surface area contributed by atoms with Gasteiger partial charge in [0.05, 0.1) is 5.60 Å². The van der Waals surface area contributed by atoms with Gasteiger partial charge in [-0.05, 0) is 56.3 Å². The number of carbonyl (C=O) groups excluding carboxylic acids is 1. The highest BCUT2D eigenvalue weighted by Crippen LogP contribution is 2.56. The molecule has 4 saturated carbocycles. The predicted molar refractivity (Wildman–Crippen MR) is 76.5 cm³/mol. The molecule has 0 spiro atoms. The zero-order valence-corrected chi connectivity index (χ0v) is 12.9. The van der Waals surface area contributed by atoms with E-state index in [1.807, 2.05) is 6.92 Å². The van der Waals surface area contributed by atoms with Crippen LogP contribution in [0.2, 0.25) is 0 Å². The summed E-state index contributed by atoms with van der Waals surface area (Å²) in [6, 6.07) is 0. The van der Waals surface area contributed by atoms with Gasteiger partial charge in [-0.3, -0.25) is 4.79 Å². The van der Waals surface area contributed by atoms with Crippen LogP contribution in [-0.2, 0) is 9.53 Å². The fourth-order valence-electron chi connectivity index (χ4n) is 4.50. The maximum Gasteiger partial charge on any atom is 0.319 e. The molecule has 4 heteroatoms. The molecule has 0 saturated heterocycles. The van der Waals surface area contributed by atoms with Crippen LogP contribution in [-0.4, -0.2) is 26.7 Å². The van der Waals surface area contributed by atoms with Crippen molar-refractivity contribution < 1.29 is 14.6 Å². The van der Waals surface area contributed by atoms with E-state index >= 15 is 0 Å². The lowest BCUT2D eigenvalue weighted by Crippen LogP contribution is -2.58. The summed E-state index contributed by atoms with van der Waals surface area (Å²) in [5, 5.41) is 10.5. The van der Waals surface area contributed by atoms with Crippen molar-refractivity contribution in [3.05, 3.63) is 0 Å². The predicted octanol–water partition coefficient (Wildman–Crippen LogP) is 2.68. The molecule has 0 aromatic carbocycles. The van der Waals surface area contributed by atoms with Crippen molar-refractivity contribution in [1.29, 1.82) is 0 Å². The summed E-state index contributed by atoms with van der Waals surface area (Å²) in [7, 11) is 0. The topological polar surface area (TPSA) is 46.5 Å². The average Bonchev–Trinajstić information content (AvgIpc) is 2.30. The Morgan fingerprint density at radius 3 is 2.50 bits per heavy atom. The van der Waals surface area contributed by atoms with E-state index in [-0.39, 0.29) is 16.0 Å². The summed E-state index contributed by atoms with van der Waals surface area (Å²) < 4.78 is 5.74. The molecule has 0 aromatic heterocycles. The Labute approximate surface area is 122 Å². The minimum absolute atomic E-state index is 0.0251. The number of hydrogen-bond acceptors (Lipinski definition) is 3. The van der Waals surface area contributed by atoms with E-state index in [4.69, 9.17) is 4.74 Å². The van der Waals surface area contributed by atoms with Gasteiger partial charge in [-0.15, -0.1) is 0 Å². The van der Waals surface area contributed by atoms with Gasteiger partial charge in [-0.2, -0.15) is 0 Å². The zero-order valence-electron chi connectivity index (χ0n) is 10.8. The van der Waals surface area contributed by atoms with Crippen LogP contribution in [0.5, 0.6) is 0 Å². The third kappa shape index (κ3) is 2.19. The van der Waals surface area contributed by atoms with Gasteiger partial charge in [0.2, 0.25) is 0 Å². The molecule has 3 nitrogen and oxygen atoms in total. The first-order valence-electron chi connectivity index (χ1n) is 7.07. The molecule has 0 aliphatic heterocycles. The minimum atomic E-state index is -0.437. The van der Waals surface area contributed by atoms with E-state index in [1.165, 1.54) is 0 Å². The molecular weight excluding hydrogens is 343 g/mol. The highest BCUT2D eigenvalue weighted by molar-refractivity contribution is 14.1. The van der Waals surface area contributed by atoms with Crippen molar-refractivity contribution in [2.24, 2.45) is 17.8 Å². The molecule has 4 aliphatic rings. The Morgan fingerprint density at radius 1 is 1.39 bits per heavy atom. The summed E-state index contributed by atoms with van der Waals surface area (Å²) in [5.41, 5.74) is -0.437. The maximum absolute atomic E-state index is 12.0. The lowest BCUT2D eigenvalue weighted by molar-refractivity contribution is -0.198. The van der Waals surface area contributed by atoms with Crippen LogP contribution in [0, 0.1) is 17.8 Å². The van der Waals surface area contributed by atoms with Crippen LogP contribution in [0.25, 0.3) is 0 Å². The lowest BCUT2D eigenvalue weighted by atomic mass is 9.53. The van der Waals surface area contributed by atoms with E-state index in [9.17, 15) is 9.90 Å². The third-order valence-electron chi connectivity index (χ3n) is 5.02. The first kappa shape index (κ1) is 13.2. The van der Waals surface area contributed by atoms with Gasteiger partial charge in [0.15, 0.2) is 0 Å². The van der Waals surface area contributed by atoms with Crippen LogP contribution in [0.3, 0.4) is 0 Å². The molecule has 4 fully saturated rings. The van der Waals surface area contributed by atoms with E-state index in [1.54, 1.807) is 0 Å². The van der Waals surface area contributed by atoms with Gasteiger partial charge in [0.25, 0.3) is 0 Å². The largest absolute Gasteiger partial charge is 0.461 e. The van der Waals surface area contributed by atoms with Crippen molar-refractivity contribution in [3.8, 4) is 0 Å². The van der Waals surface area contributed by atoms with E-state index in [0.717, 1.165) is 38.5 Å². The van der Waals surface area contributed by atoms with Gasteiger partial charge in [-0.25, -0.2) is 0 Å². The van der Waals surface area contributed by atoms with Crippen LogP contribution in [0.1, 0.15) is 45.4 Å². The first-order chi connectivity index (χ1) is 8.50. The summed E-state index contributed by atoms with van der Waals surface area (Å²) in [6.45, 7) is 2.01. The molecule has 4 aliphatic carbocycles. The Hall–Kier alpha value is 0.160. The number of hydrogen-bond donors (Lipinski definition) is 1. The molecule has 0 aromatic rings. The standard InChI is InChI=1S/C14H21IO3/c1-2-11(15)13(16)18-12-9-3-8-4-10(12)7-14(17,5-8)6-9/h8-12,17H,2-7H2,1H3. The molecule has 3 unspecified atom stereocenters. The highest BCUT2D eigenvalue weighted by atomic mass is 127. The fraction of sp³-hybridized carbons (Fsp3) is 0.929. The minimum Gasteiger partial charge on any atom is -0.461 e. The van der Waals surface area contributed by atoms with Crippen molar-refractivity contribution in [2.75, 3.05) is 0 Å². The quantitative estimate of drug-likeness (QED) is 0.476. The number of carbonyl (C=O) groups is 1. The number of ether oxygens (including phenoxy) is 1. The third-order valence-corrected chi connectivity index (χ3v) is 6.41. The summed E-state index contributed by atoms with van der Waals surface area (Å²) in [5.74, 6) is 1.43. The number of alkyl halides is 1. The van der Waals surface area contributed by atoms with Crippen molar-refractivity contribution in [2.45, 2.75) is 61.1 Å². The summed E-state index contributed by atoms with van der Waals surface area (Å²) in [4.78, 5) is 12.0. The maximum atomic E-state index is 12.0. The van der Waals surface area contributed by atoms with Crippen molar-refractivity contribution >= 4 is 28.6 Å². The van der Waals surface area contributed by atoms with Crippen LogP contribution >= 0.6 is 22.6 Å². The molecule has 102 valence electrons. The van der Waals surface area contributed by atoms with Crippen LogP contribution < -0.4 is 0 Å². The second-order valence-electron chi connectivity index (χ2n) is 6.47. The number of rotatable bonds is 3. The molecule has 0 heterocycles. The Morgan fingerprint density at radius 2 is 2.00 bits per heavy atom. The average molecular weight is 364 g/mol. The lowest BCUT2D eigenvalue weighted by Gasteiger charge is -2.57. The Bertz CT molecular complexity index is 341. The zero-order chi connectivity index (χ0) is 12.9. The van der Waals surface area contributed by atoms with Gasteiger partial charge in [0.1, 0.15) is 10.0 Å². The highest BCUT2D eigenvalue weighted by Gasteiger charge is 2.56.